The lowest BCUT2D eigenvalue weighted by atomic mass is 10.0. The van der Waals surface area contributed by atoms with Crippen molar-refractivity contribution in [3.63, 3.8) is 0 Å². The standard InChI is InChI=1S/C12H15N3/c1-9-14-8-11-3-2-4-12(15(9)11)10-5-6-13-7-10/h2-4,8,10,13H,5-7H2,1H3. The molecule has 1 aliphatic heterocycles. The average Bonchev–Trinajstić information content (AvgIpc) is 2.88. The monoisotopic (exact) mass is 201 g/mol. The molecule has 0 saturated carbocycles. The molecule has 0 radical (unpaired) electrons. The summed E-state index contributed by atoms with van der Waals surface area (Å²) in [6.45, 7) is 4.30. The maximum atomic E-state index is 4.37. The molecular formula is C12H15N3. The number of imidazole rings is 1. The van der Waals surface area contributed by atoms with Crippen LogP contribution in [-0.2, 0) is 0 Å². The van der Waals surface area contributed by atoms with E-state index < -0.39 is 0 Å². The molecule has 1 atom stereocenters. The Hall–Kier alpha value is -1.35. The van der Waals surface area contributed by atoms with Crippen LogP contribution in [0.4, 0.5) is 0 Å². The zero-order chi connectivity index (χ0) is 10.3. The van der Waals surface area contributed by atoms with Gasteiger partial charge < -0.3 is 9.72 Å². The quantitative estimate of drug-likeness (QED) is 0.761. The van der Waals surface area contributed by atoms with Gasteiger partial charge in [-0.2, -0.15) is 0 Å². The number of aromatic nitrogens is 2. The summed E-state index contributed by atoms with van der Waals surface area (Å²) in [6.07, 6.45) is 3.18. The van der Waals surface area contributed by atoms with E-state index in [1.54, 1.807) is 0 Å². The van der Waals surface area contributed by atoms with Crippen LogP contribution < -0.4 is 5.32 Å². The largest absolute Gasteiger partial charge is 0.316 e. The minimum Gasteiger partial charge on any atom is -0.316 e. The molecule has 78 valence electrons. The van der Waals surface area contributed by atoms with Gasteiger partial charge in [-0.05, 0) is 32.0 Å². The maximum absolute atomic E-state index is 4.37. The van der Waals surface area contributed by atoms with E-state index >= 15 is 0 Å². The fourth-order valence-corrected chi connectivity index (χ4v) is 2.46. The number of nitrogens with one attached hydrogen (secondary N) is 1. The van der Waals surface area contributed by atoms with E-state index in [0.717, 1.165) is 18.9 Å². The number of nitrogens with zero attached hydrogens (tertiary/aromatic N) is 2. The molecule has 3 nitrogen and oxygen atoms in total. The molecule has 2 aromatic heterocycles. The van der Waals surface area contributed by atoms with Gasteiger partial charge in [-0.15, -0.1) is 0 Å². The van der Waals surface area contributed by atoms with Gasteiger partial charge in [0, 0.05) is 18.2 Å². The minimum absolute atomic E-state index is 0.640. The van der Waals surface area contributed by atoms with Crippen LogP contribution in [0, 0.1) is 6.92 Å². The molecular weight excluding hydrogens is 186 g/mol. The van der Waals surface area contributed by atoms with Crippen LogP contribution in [-0.4, -0.2) is 22.5 Å². The summed E-state index contributed by atoms with van der Waals surface area (Å²) in [5, 5.41) is 3.41. The summed E-state index contributed by atoms with van der Waals surface area (Å²) < 4.78 is 2.28. The molecule has 15 heavy (non-hydrogen) atoms. The first-order valence-corrected chi connectivity index (χ1v) is 5.50. The number of fused-ring (bicyclic) bond motifs is 1. The van der Waals surface area contributed by atoms with Gasteiger partial charge in [-0.1, -0.05) is 6.07 Å². The van der Waals surface area contributed by atoms with E-state index in [1.807, 2.05) is 6.20 Å². The lowest BCUT2D eigenvalue weighted by Gasteiger charge is -2.12. The normalized spacial score (nSPS) is 21.3. The summed E-state index contributed by atoms with van der Waals surface area (Å²) >= 11 is 0. The van der Waals surface area contributed by atoms with Gasteiger partial charge >= 0.3 is 0 Å². The zero-order valence-corrected chi connectivity index (χ0v) is 8.90. The molecule has 2 aromatic rings. The van der Waals surface area contributed by atoms with E-state index in [9.17, 15) is 0 Å². The Kier molecular flexibility index (Phi) is 1.99. The van der Waals surface area contributed by atoms with Crippen LogP contribution in [0.2, 0.25) is 0 Å². The van der Waals surface area contributed by atoms with Crippen LogP contribution in [0.1, 0.15) is 23.9 Å². The first kappa shape index (κ1) is 8.92. The van der Waals surface area contributed by atoms with Gasteiger partial charge in [0.25, 0.3) is 0 Å². The maximum Gasteiger partial charge on any atom is 0.110 e. The summed E-state index contributed by atoms with van der Waals surface area (Å²) in [5.74, 6) is 1.73. The Morgan fingerprint density at radius 2 is 2.40 bits per heavy atom. The molecule has 1 saturated heterocycles. The molecule has 0 bridgehead atoms. The topological polar surface area (TPSA) is 29.3 Å². The van der Waals surface area contributed by atoms with Crippen molar-refractivity contribution in [3.8, 4) is 0 Å². The van der Waals surface area contributed by atoms with Crippen LogP contribution >= 0.6 is 0 Å². The van der Waals surface area contributed by atoms with E-state index in [0.29, 0.717) is 5.92 Å². The van der Waals surface area contributed by atoms with E-state index in [4.69, 9.17) is 0 Å². The molecule has 1 N–H and O–H groups in total. The van der Waals surface area contributed by atoms with Crippen molar-refractivity contribution >= 4 is 5.52 Å². The second kappa shape index (κ2) is 3.35. The lowest BCUT2D eigenvalue weighted by Crippen LogP contribution is -2.10. The van der Waals surface area contributed by atoms with Crippen LogP contribution in [0.3, 0.4) is 0 Å². The fourth-order valence-electron chi connectivity index (χ4n) is 2.46. The molecule has 0 amide bonds. The Labute approximate surface area is 89.1 Å². The van der Waals surface area contributed by atoms with Crippen molar-refractivity contribution in [1.82, 2.24) is 14.7 Å². The van der Waals surface area contributed by atoms with Crippen LogP contribution in [0.5, 0.6) is 0 Å². The second-order valence-corrected chi connectivity index (χ2v) is 4.21. The third-order valence-electron chi connectivity index (χ3n) is 3.24. The van der Waals surface area contributed by atoms with Gasteiger partial charge in [-0.3, -0.25) is 0 Å². The summed E-state index contributed by atoms with van der Waals surface area (Å²) in [4.78, 5) is 4.37. The average molecular weight is 201 g/mol. The fraction of sp³-hybridized carbons (Fsp3) is 0.417. The highest BCUT2D eigenvalue weighted by Gasteiger charge is 2.19. The second-order valence-electron chi connectivity index (χ2n) is 4.21. The van der Waals surface area contributed by atoms with Crippen molar-refractivity contribution < 1.29 is 0 Å². The molecule has 3 heteroatoms. The van der Waals surface area contributed by atoms with Crippen molar-refractivity contribution in [2.24, 2.45) is 0 Å². The number of hydrogen-bond donors (Lipinski definition) is 1. The number of hydrogen-bond acceptors (Lipinski definition) is 2. The van der Waals surface area contributed by atoms with Gasteiger partial charge in [0.05, 0.1) is 11.7 Å². The minimum atomic E-state index is 0.640. The highest BCUT2D eigenvalue weighted by molar-refractivity contribution is 5.48. The van der Waals surface area contributed by atoms with Gasteiger partial charge in [0.15, 0.2) is 0 Å². The number of aryl methyl sites for hydroxylation is 1. The predicted octanol–water partition coefficient (Wildman–Crippen LogP) is 1.72. The molecule has 0 aromatic carbocycles. The molecule has 0 aliphatic carbocycles. The first-order valence-electron chi connectivity index (χ1n) is 5.50. The van der Waals surface area contributed by atoms with Crippen molar-refractivity contribution in [2.75, 3.05) is 13.1 Å². The predicted molar refractivity (Wildman–Crippen MR) is 60.2 cm³/mol. The van der Waals surface area contributed by atoms with Crippen molar-refractivity contribution in [3.05, 3.63) is 35.9 Å². The molecule has 1 aliphatic rings. The molecule has 1 fully saturated rings. The summed E-state index contributed by atoms with van der Waals surface area (Å²) in [7, 11) is 0. The van der Waals surface area contributed by atoms with Gasteiger partial charge in [0.1, 0.15) is 5.82 Å². The Bertz CT molecular complexity index is 481. The summed E-state index contributed by atoms with van der Waals surface area (Å²) in [5.41, 5.74) is 2.60. The van der Waals surface area contributed by atoms with E-state index in [2.05, 4.69) is 39.8 Å². The highest BCUT2D eigenvalue weighted by Crippen LogP contribution is 2.24. The molecule has 1 unspecified atom stereocenters. The van der Waals surface area contributed by atoms with E-state index in [1.165, 1.54) is 17.6 Å². The summed E-state index contributed by atoms with van der Waals surface area (Å²) in [6, 6.07) is 6.47. The lowest BCUT2D eigenvalue weighted by molar-refractivity contribution is 0.715. The molecule has 3 rings (SSSR count). The van der Waals surface area contributed by atoms with Crippen LogP contribution in [0.25, 0.3) is 5.52 Å². The Morgan fingerprint density at radius 1 is 1.47 bits per heavy atom. The molecule has 0 spiro atoms. The number of pyridine rings is 1. The van der Waals surface area contributed by atoms with Crippen LogP contribution in [0.15, 0.2) is 24.4 Å². The van der Waals surface area contributed by atoms with Gasteiger partial charge in [-0.25, -0.2) is 4.98 Å². The highest BCUT2D eigenvalue weighted by atomic mass is 15.0. The Balaban J connectivity index is 2.19. The molecule has 3 heterocycles. The van der Waals surface area contributed by atoms with Crippen molar-refractivity contribution in [1.29, 1.82) is 0 Å². The third kappa shape index (κ3) is 1.35. The van der Waals surface area contributed by atoms with Gasteiger partial charge in [0.2, 0.25) is 0 Å². The first-order chi connectivity index (χ1) is 7.36. The Morgan fingerprint density at radius 3 is 3.20 bits per heavy atom. The smallest absolute Gasteiger partial charge is 0.110 e. The SMILES string of the molecule is Cc1ncc2cccc(C3CCNC3)n12. The van der Waals surface area contributed by atoms with Crippen molar-refractivity contribution in [2.45, 2.75) is 19.3 Å². The zero-order valence-electron chi connectivity index (χ0n) is 8.90. The third-order valence-corrected chi connectivity index (χ3v) is 3.24. The number of rotatable bonds is 1. The van der Waals surface area contributed by atoms with E-state index in [-0.39, 0.29) is 0 Å².